The van der Waals surface area contributed by atoms with Crippen LogP contribution in [0.3, 0.4) is 0 Å². The van der Waals surface area contributed by atoms with Crippen molar-refractivity contribution in [1.29, 1.82) is 0 Å². The molecule has 140 valence electrons. The van der Waals surface area contributed by atoms with Crippen molar-refractivity contribution in [3.63, 3.8) is 0 Å². The van der Waals surface area contributed by atoms with Gasteiger partial charge in [-0.25, -0.2) is 0 Å². The van der Waals surface area contributed by atoms with Crippen LogP contribution >= 0.6 is 0 Å². The molecule has 1 amide bonds. The van der Waals surface area contributed by atoms with E-state index in [4.69, 9.17) is 14.2 Å². The monoisotopic (exact) mass is 368 g/mol. The van der Waals surface area contributed by atoms with Crippen LogP contribution in [0.1, 0.15) is 27.6 Å². The molecular weight excluding hydrogens is 348 g/mol. The van der Waals surface area contributed by atoms with Gasteiger partial charge in [-0.2, -0.15) is 0 Å². The van der Waals surface area contributed by atoms with Crippen molar-refractivity contribution in [2.45, 2.75) is 6.92 Å². The molecule has 1 N–H and O–H groups in total. The van der Waals surface area contributed by atoms with Crippen LogP contribution in [0.4, 0.5) is 11.4 Å². The van der Waals surface area contributed by atoms with Crippen LogP contribution in [0, 0.1) is 0 Å². The molecule has 2 aromatic rings. The number of Topliss-reactive ketones (excluding diaryl/α,β-unsaturated/α-hetero) is 1. The number of morpholine rings is 1. The average Bonchev–Trinajstić information content (AvgIpc) is 3.17. The van der Waals surface area contributed by atoms with Crippen LogP contribution in [0.15, 0.2) is 36.4 Å². The molecule has 0 aliphatic carbocycles. The lowest BCUT2D eigenvalue weighted by molar-refractivity contribution is 0.101. The Bertz CT molecular complexity index is 890. The second kappa shape index (κ2) is 7.28. The maximum Gasteiger partial charge on any atom is 0.259 e. The normalized spacial score (nSPS) is 15.5. The van der Waals surface area contributed by atoms with Gasteiger partial charge in [-0.15, -0.1) is 0 Å². The summed E-state index contributed by atoms with van der Waals surface area (Å²) in [6.45, 7) is 4.45. The zero-order chi connectivity index (χ0) is 18.8. The number of hydrogen-bond acceptors (Lipinski definition) is 6. The molecule has 2 aliphatic rings. The number of carbonyl (C=O) groups excluding carboxylic acids is 2. The number of hydrogen-bond donors (Lipinski definition) is 1. The van der Waals surface area contributed by atoms with Crippen molar-refractivity contribution in [2.75, 3.05) is 43.3 Å². The van der Waals surface area contributed by atoms with Crippen LogP contribution in [0.2, 0.25) is 0 Å². The number of nitrogens with one attached hydrogen (secondary N) is 1. The van der Waals surface area contributed by atoms with Gasteiger partial charge >= 0.3 is 0 Å². The van der Waals surface area contributed by atoms with Gasteiger partial charge in [0, 0.05) is 24.3 Å². The molecule has 0 spiro atoms. The summed E-state index contributed by atoms with van der Waals surface area (Å²) in [7, 11) is 0. The summed E-state index contributed by atoms with van der Waals surface area (Å²) in [6, 6.07) is 10.6. The summed E-state index contributed by atoms with van der Waals surface area (Å²) in [6.07, 6.45) is 0. The first kappa shape index (κ1) is 17.4. The Morgan fingerprint density at radius 3 is 2.63 bits per heavy atom. The SMILES string of the molecule is CC(=O)c1cc(N2CCOCC2)ccc1NC(=O)c1cccc2c1OCO2. The van der Waals surface area contributed by atoms with E-state index < -0.39 is 0 Å². The van der Waals surface area contributed by atoms with Crippen molar-refractivity contribution in [2.24, 2.45) is 0 Å². The second-order valence-electron chi connectivity index (χ2n) is 6.38. The van der Waals surface area contributed by atoms with Gasteiger partial charge in [0.25, 0.3) is 5.91 Å². The molecule has 0 aromatic heterocycles. The fourth-order valence-electron chi connectivity index (χ4n) is 3.25. The van der Waals surface area contributed by atoms with Gasteiger partial charge in [-0.3, -0.25) is 9.59 Å². The summed E-state index contributed by atoms with van der Waals surface area (Å²) in [4.78, 5) is 27.1. The van der Waals surface area contributed by atoms with Crippen LogP contribution in [-0.4, -0.2) is 44.8 Å². The topological polar surface area (TPSA) is 77.1 Å². The molecular formula is C20H20N2O5. The quantitative estimate of drug-likeness (QED) is 0.836. The van der Waals surface area contributed by atoms with Crippen molar-refractivity contribution < 1.29 is 23.8 Å². The first-order chi connectivity index (χ1) is 13.1. The molecule has 7 nitrogen and oxygen atoms in total. The molecule has 0 unspecified atom stereocenters. The molecule has 2 aliphatic heterocycles. The Labute approximate surface area is 156 Å². The third-order valence-electron chi connectivity index (χ3n) is 4.65. The molecule has 0 radical (unpaired) electrons. The Morgan fingerprint density at radius 1 is 1.04 bits per heavy atom. The predicted molar refractivity (Wildman–Crippen MR) is 100.0 cm³/mol. The van der Waals surface area contributed by atoms with Gasteiger partial charge in [-0.05, 0) is 37.3 Å². The smallest absolute Gasteiger partial charge is 0.259 e. The molecule has 0 saturated carbocycles. The molecule has 2 heterocycles. The maximum atomic E-state index is 12.8. The standard InChI is InChI=1S/C20H20N2O5/c1-13(23)16-11-14(22-7-9-25-10-8-22)5-6-17(16)21-20(24)15-3-2-4-18-19(15)27-12-26-18/h2-6,11H,7-10,12H2,1H3,(H,21,24). The molecule has 2 aromatic carbocycles. The minimum absolute atomic E-state index is 0.0898. The van der Waals surface area contributed by atoms with Gasteiger partial charge in [0.05, 0.1) is 24.5 Å². The highest BCUT2D eigenvalue weighted by Gasteiger charge is 2.23. The van der Waals surface area contributed by atoms with Gasteiger partial charge in [0.1, 0.15) is 0 Å². The number of amides is 1. The Hall–Kier alpha value is -3.06. The first-order valence-corrected chi connectivity index (χ1v) is 8.81. The third-order valence-corrected chi connectivity index (χ3v) is 4.65. The molecule has 0 atom stereocenters. The number of ketones is 1. The zero-order valence-electron chi connectivity index (χ0n) is 15.0. The van der Waals surface area contributed by atoms with E-state index in [-0.39, 0.29) is 18.5 Å². The van der Waals surface area contributed by atoms with Crippen molar-refractivity contribution >= 4 is 23.1 Å². The Balaban J connectivity index is 1.61. The summed E-state index contributed by atoms with van der Waals surface area (Å²) in [5, 5.41) is 2.83. The lowest BCUT2D eigenvalue weighted by Crippen LogP contribution is -2.36. The van der Waals surface area contributed by atoms with Crippen LogP contribution in [0.5, 0.6) is 11.5 Å². The highest BCUT2D eigenvalue weighted by Crippen LogP contribution is 2.36. The van der Waals surface area contributed by atoms with Gasteiger partial charge in [0.15, 0.2) is 17.3 Å². The summed E-state index contributed by atoms with van der Waals surface area (Å²) in [5.74, 6) is 0.499. The summed E-state index contributed by atoms with van der Waals surface area (Å²) < 4.78 is 16.1. The molecule has 27 heavy (non-hydrogen) atoms. The third kappa shape index (κ3) is 3.46. The second-order valence-corrected chi connectivity index (χ2v) is 6.38. The van der Waals surface area contributed by atoms with E-state index in [1.165, 1.54) is 6.92 Å². The van der Waals surface area contributed by atoms with Crippen molar-refractivity contribution in [3.8, 4) is 11.5 Å². The zero-order valence-corrected chi connectivity index (χ0v) is 15.0. The largest absolute Gasteiger partial charge is 0.454 e. The number of fused-ring (bicyclic) bond motifs is 1. The molecule has 1 saturated heterocycles. The maximum absolute atomic E-state index is 12.8. The van der Waals surface area contributed by atoms with E-state index in [0.29, 0.717) is 41.5 Å². The van der Waals surface area contributed by atoms with Crippen LogP contribution < -0.4 is 19.7 Å². The fraction of sp³-hybridized carbons (Fsp3) is 0.300. The van der Waals surface area contributed by atoms with Crippen LogP contribution in [-0.2, 0) is 4.74 Å². The number of rotatable bonds is 4. The van der Waals surface area contributed by atoms with E-state index in [2.05, 4.69) is 10.2 Å². The van der Waals surface area contributed by atoms with E-state index in [1.54, 1.807) is 24.3 Å². The van der Waals surface area contributed by atoms with Crippen molar-refractivity contribution in [1.82, 2.24) is 0 Å². The summed E-state index contributed by atoms with van der Waals surface area (Å²) in [5.41, 5.74) is 2.26. The van der Waals surface area contributed by atoms with E-state index in [1.807, 2.05) is 12.1 Å². The highest BCUT2D eigenvalue weighted by molar-refractivity contribution is 6.10. The molecule has 4 rings (SSSR count). The molecule has 0 bridgehead atoms. The predicted octanol–water partition coefficient (Wildman–Crippen LogP) is 2.71. The molecule has 1 fully saturated rings. The number of anilines is 2. The molecule has 7 heteroatoms. The minimum Gasteiger partial charge on any atom is -0.454 e. The van der Waals surface area contributed by atoms with E-state index >= 15 is 0 Å². The van der Waals surface area contributed by atoms with Gasteiger partial charge in [0.2, 0.25) is 6.79 Å². The van der Waals surface area contributed by atoms with Gasteiger partial charge in [-0.1, -0.05) is 6.07 Å². The summed E-state index contributed by atoms with van der Waals surface area (Å²) >= 11 is 0. The average molecular weight is 368 g/mol. The lowest BCUT2D eigenvalue weighted by Gasteiger charge is -2.29. The highest BCUT2D eigenvalue weighted by atomic mass is 16.7. The first-order valence-electron chi connectivity index (χ1n) is 8.81. The lowest BCUT2D eigenvalue weighted by atomic mass is 10.1. The van der Waals surface area contributed by atoms with Crippen molar-refractivity contribution in [3.05, 3.63) is 47.5 Å². The number of carbonyl (C=O) groups is 2. The van der Waals surface area contributed by atoms with Crippen LogP contribution in [0.25, 0.3) is 0 Å². The Morgan fingerprint density at radius 2 is 1.85 bits per heavy atom. The number of benzene rings is 2. The number of ether oxygens (including phenoxy) is 3. The van der Waals surface area contributed by atoms with E-state index in [0.717, 1.165) is 18.8 Å². The fourth-order valence-corrected chi connectivity index (χ4v) is 3.25. The minimum atomic E-state index is -0.348. The van der Waals surface area contributed by atoms with E-state index in [9.17, 15) is 9.59 Å². The Kier molecular flexibility index (Phi) is 4.68. The number of nitrogens with zero attached hydrogens (tertiary/aromatic N) is 1. The van der Waals surface area contributed by atoms with Gasteiger partial charge < -0.3 is 24.4 Å². The number of para-hydroxylation sites is 1.